The van der Waals surface area contributed by atoms with Crippen molar-refractivity contribution in [1.82, 2.24) is 4.98 Å². The Morgan fingerprint density at radius 1 is 0.929 bits per heavy atom. The molecule has 1 aliphatic rings. The van der Waals surface area contributed by atoms with Gasteiger partial charge in [-0.3, -0.25) is 4.79 Å². The SMILES string of the molecule is Nc1cccc(-c2cc3c(=O)nc(N4CCOCC4)oc3c3ccccc23)c1. The van der Waals surface area contributed by atoms with Crippen LogP contribution in [0.5, 0.6) is 0 Å². The molecule has 1 aliphatic heterocycles. The fraction of sp³-hybridized carbons (Fsp3) is 0.182. The van der Waals surface area contributed by atoms with Crippen LogP contribution in [0.3, 0.4) is 0 Å². The monoisotopic (exact) mass is 373 g/mol. The minimum absolute atomic E-state index is 0.293. The molecule has 0 unspecified atom stereocenters. The lowest BCUT2D eigenvalue weighted by Crippen LogP contribution is -2.37. The molecular formula is C22H19N3O3. The van der Waals surface area contributed by atoms with E-state index < -0.39 is 0 Å². The number of aromatic nitrogens is 1. The Hall–Kier alpha value is -3.38. The zero-order chi connectivity index (χ0) is 19.1. The minimum atomic E-state index is -0.293. The highest BCUT2D eigenvalue weighted by Crippen LogP contribution is 2.35. The number of nitrogen functional groups attached to an aromatic ring is 1. The number of ether oxygens (including phenoxy) is 1. The number of fused-ring (bicyclic) bond motifs is 3. The van der Waals surface area contributed by atoms with E-state index >= 15 is 0 Å². The van der Waals surface area contributed by atoms with Crippen LogP contribution in [0.2, 0.25) is 0 Å². The van der Waals surface area contributed by atoms with Crippen LogP contribution >= 0.6 is 0 Å². The van der Waals surface area contributed by atoms with Gasteiger partial charge in [0.25, 0.3) is 5.56 Å². The van der Waals surface area contributed by atoms with Crippen molar-refractivity contribution in [1.29, 1.82) is 0 Å². The second kappa shape index (κ2) is 6.65. The predicted molar refractivity (Wildman–Crippen MR) is 111 cm³/mol. The molecule has 0 bridgehead atoms. The molecular weight excluding hydrogens is 354 g/mol. The van der Waals surface area contributed by atoms with E-state index in [1.807, 2.05) is 59.5 Å². The summed E-state index contributed by atoms with van der Waals surface area (Å²) >= 11 is 0. The lowest BCUT2D eigenvalue weighted by atomic mass is 9.96. The fourth-order valence-electron chi connectivity index (χ4n) is 3.71. The van der Waals surface area contributed by atoms with Crippen LogP contribution in [0, 0.1) is 0 Å². The van der Waals surface area contributed by atoms with Gasteiger partial charge in [-0.2, -0.15) is 4.98 Å². The standard InChI is InChI=1S/C22H19N3O3/c23-15-5-3-4-14(12-15)18-13-19-20(17-7-2-1-6-16(17)18)28-22(24-21(19)26)25-8-10-27-11-9-25/h1-7,12-13H,8-11,23H2. The highest BCUT2D eigenvalue weighted by molar-refractivity contribution is 6.11. The average Bonchev–Trinajstić information content (AvgIpc) is 2.74. The highest BCUT2D eigenvalue weighted by atomic mass is 16.5. The molecule has 2 heterocycles. The first-order chi connectivity index (χ1) is 13.7. The Balaban J connectivity index is 1.80. The first kappa shape index (κ1) is 16.8. The maximum atomic E-state index is 12.9. The van der Waals surface area contributed by atoms with E-state index in [0.29, 0.717) is 49.0 Å². The van der Waals surface area contributed by atoms with E-state index in [9.17, 15) is 4.79 Å². The van der Waals surface area contributed by atoms with E-state index in [4.69, 9.17) is 14.9 Å². The average molecular weight is 373 g/mol. The number of anilines is 2. The summed E-state index contributed by atoms with van der Waals surface area (Å²) in [5.74, 6) is 0. The molecule has 1 aromatic heterocycles. The van der Waals surface area contributed by atoms with Gasteiger partial charge >= 0.3 is 6.01 Å². The molecule has 3 aromatic carbocycles. The number of nitrogens with two attached hydrogens (primary N) is 1. The van der Waals surface area contributed by atoms with E-state index in [1.165, 1.54) is 0 Å². The molecule has 6 heteroatoms. The second-order valence-electron chi connectivity index (χ2n) is 6.87. The Morgan fingerprint density at radius 3 is 2.50 bits per heavy atom. The highest BCUT2D eigenvalue weighted by Gasteiger charge is 2.19. The Labute approximate surface area is 161 Å². The van der Waals surface area contributed by atoms with Gasteiger partial charge in [0.2, 0.25) is 0 Å². The Kier molecular flexibility index (Phi) is 3.98. The summed E-state index contributed by atoms with van der Waals surface area (Å²) in [7, 11) is 0. The third kappa shape index (κ3) is 2.78. The molecule has 6 nitrogen and oxygen atoms in total. The third-order valence-corrected chi connectivity index (χ3v) is 5.10. The molecule has 0 saturated carbocycles. The molecule has 0 atom stereocenters. The summed E-state index contributed by atoms with van der Waals surface area (Å²) in [6.07, 6.45) is 0. The fourth-order valence-corrected chi connectivity index (χ4v) is 3.71. The van der Waals surface area contributed by atoms with Gasteiger partial charge in [0, 0.05) is 24.2 Å². The van der Waals surface area contributed by atoms with Crippen molar-refractivity contribution in [2.24, 2.45) is 0 Å². The number of rotatable bonds is 2. The summed E-state index contributed by atoms with van der Waals surface area (Å²) in [4.78, 5) is 19.0. The largest absolute Gasteiger partial charge is 0.424 e. The van der Waals surface area contributed by atoms with Crippen LogP contribution in [0.25, 0.3) is 32.9 Å². The minimum Gasteiger partial charge on any atom is -0.424 e. The van der Waals surface area contributed by atoms with Crippen molar-refractivity contribution in [3.8, 4) is 11.1 Å². The van der Waals surface area contributed by atoms with Crippen molar-refractivity contribution in [2.75, 3.05) is 36.9 Å². The van der Waals surface area contributed by atoms with Gasteiger partial charge in [-0.15, -0.1) is 0 Å². The lowest BCUT2D eigenvalue weighted by Gasteiger charge is -2.26. The molecule has 0 amide bonds. The summed E-state index contributed by atoms with van der Waals surface area (Å²) in [5.41, 5.74) is 8.81. The molecule has 2 N–H and O–H groups in total. The second-order valence-corrected chi connectivity index (χ2v) is 6.87. The molecule has 0 spiro atoms. The molecule has 4 aromatic rings. The number of hydrogen-bond donors (Lipinski definition) is 1. The van der Waals surface area contributed by atoms with Crippen LogP contribution in [0.1, 0.15) is 0 Å². The Bertz CT molecular complexity index is 1240. The summed E-state index contributed by atoms with van der Waals surface area (Å²) in [5, 5.41) is 2.35. The molecule has 5 rings (SSSR count). The smallest absolute Gasteiger partial charge is 0.301 e. The Morgan fingerprint density at radius 2 is 1.71 bits per heavy atom. The molecule has 140 valence electrons. The third-order valence-electron chi connectivity index (χ3n) is 5.10. The van der Waals surface area contributed by atoms with Crippen molar-refractivity contribution in [3.05, 3.63) is 65.0 Å². The normalized spacial score (nSPS) is 14.6. The van der Waals surface area contributed by atoms with Crippen LogP contribution in [-0.2, 0) is 4.74 Å². The van der Waals surface area contributed by atoms with Crippen LogP contribution < -0.4 is 16.2 Å². The van der Waals surface area contributed by atoms with Gasteiger partial charge in [-0.05, 0) is 34.7 Å². The van der Waals surface area contributed by atoms with Crippen molar-refractivity contribution in [2.45, 2.75) is 0 Å². The molecule has 0 radical (unpaired) electrons. The first-order valence-corrected chi connectivity index (χ1v) is 9.26. The molecule has 1 fully saturated rings. The van der Waals surface area contributed by atoms with Crippen LogP contribution in [0.4, 0.5) is 11.7 Å². The molecule has 1 saturated heterocycles. The summed E-state index contributed by atoms with van der Waals surface area (Å²) in [6.45, 7) is 2.50. The summed E-state index contributed by atoms with van der Waals surface area (Å²) in [6, 6.07) is 17.8. The summed E-state index contributed by atoms with van der Waals surface area (Å²) < 4.78 is 11.5. The topological polar surface area (TPSA) is 81.6 Å². The van der Waals surface area contributed by atoms with Gasteiger partial charge in [-0.1, -0.05) is 36.4 Å². The van der Waals surface area contributed by atoms with Crippen LogP contribution in [0.15, 0.2) is 63.8 Å². The quantitative estimate of drug-likeness (QED) is 0.428. The van der Waals surface area contributed by atoms with Crippen LogP contribution in [-0.4, -0.2) is 31.3 Å². The number of hydrogen-bond acceptors (Lipinski definition) is 6. The van der Waals surface area contributed by atoms with Gasteiger partial charge < -0.3 is 19.8 Å². The molecule has 0 aliphatic carbocycles. The number of nitrogens with zero attached hydrogens (tertiary/aromatic N) is 2. The van der Waals surface area contributed by atoms with E-state index in [2.05, 4.69) is 4.98 Å². The van der Waals surface area contributed by atoms with E-state index in [1.54, 1.807) is 0 Å². The van der Waals surface area contributed by atoms with Crippen molar-refractivity contribution >= 4 is 33.4 Å². The zero-order valence-electron chi connectivity index (χ0n) is 15.2. The predicted octanol–water partition coefficient (Wildman–Crippen LogP) is 3.43. The lowest BCUT2D eigenvalue weighted by molar-refractivity contribution is 0.120. The van der Waals surface area contributed by atoms with Gasteiger partial charge in [0.15, 0.2) is 5.58 Å². The first-order valence-electron chi connectivity index (χ1n) is 9.26. The van der Waals surface area contributed by atoms with E-state index in [0.717, 1.165) is 21.9 Å². The van der Waals surface area contributed by atoms with E-state index in [-0.39, 0.29) is 5.56 Å². The number of morpholine rings is 1. The van der Waals surface area contributed by atoms with Gasteiger partial charge in [-0.25, -0.2) is 0 Å². The van der Waals surface area contributed by atoms with Crippen molar-refractivity contribution in [3.63, 3.8) is 0 Å². The zero-order valence-corrected chi connectivity index (χ0v) is 15.2. The maximum Gasteiger partial charge on any atom is 0.301 e. The maximum absolute atomic E-state index is 12.9. The van der Waals surface area contributed by atoms with Crippen molar-refractivity contribution < 1.29 is 9.15 Å². The number of benzene rings is 3. The van der Waals surface area contributed by atoms with Gasteiger partial charge in [0.05, 0.1) is 18.6 Å². The molecule has 28 heavy (non-hydrogen) atoms. The van der Waals surface area contributed by atoms with Gasteiger partial charge in [0.1, 0.15) is 0 Å².